The van der Waals surface area contributed by atoms with Crippen molar-refractivity contribution in [2.45, 2.75) is 71.8 Å². The van der Waals surface area contributed by atoms with Gasteiger partial charge in [0.1, 0.15) is 0 Å². The van der Waals surface area contributed by atoms with Gasteiger partial charge < -0.3 is 0 Å². The molecule has 1 aromatic heterocycles. The Bertz CT molecular complexity index is 419. The number of nitrogens with one attached hydrogen (secondary N) is 1. The third kappa shape index (κ3) is 4.04. The van der Waals surface area contributed by atoms with Gasteiger partial charge in [0.05, 0.1) is 0 Å². The average molecular weight is 289 g/mol. The Kier molecular flexibility index (Phi) is 5.77. The maximum Gasteiger partial charge on any atom is 0.0420 e. The summed E-state index contributed by atoms with van der Waals surface area (Å²) in [6, 6.07) is 4.70. The highest BCUT2D eigenvalue weighted by atomic mass is 15.2. The summed E-state index contributed by atoms with van der Waals surface area (Å²) < 4.78 is 0. The maximum atomic E-state index is 5.94. The molecule has 1 saturated carbocycles. The third-order valence-corrected chi connectivity index (χ3v) is 5.06. The van der Waals surface area contributed by atoms with Crippen LogP contribution in [0.2, 0.25) is 0 Å². The number of rotatable bonds is 7. The molecule has 3 heteroatoms. The van der Waals surface area contributed by atoms with E-state index >= 15 is 0 Å². The monoisotopic (exact) mass is 289 g/mol. The van der Waals surface area contributed by atoms with E-state index in [4.69, 9.17) is 5.84 Å². The van der Waals surface area contributed by atoms with E-state index in [9.17, 15) is 0 Å². The first-order valence-corrected chi connectivity index (χ1v) is 8.49. The second-order valence-electron chi connectivity index (χ2n) is 7.10. The van der Waals surface area contributed by atoms with Gasteiger partial charge in [-0.05, 0) is 48.6 Å². The van der Waals surface area contributed by atoms with Crippen LogP contribution < -0.4 is 11.3 Å². The Hall–Kier alpha value is -0.930. The van der Waals surface area contributed by atoms with Crippen molar-refractivity contribution in [3.63, 3.8) is 0 Å². The number of hydrazine groups is 1. The Balaban J connectivity index is 2.12. The number of nitrogens with two attached hydrogens (primary N) is 1. The Morgan fingerprint density at radius 3 is 2.48 bits per heavy atom. The minimum Gasteiger partial charge on any atom is -0.271 e. The summed E-state index contributed by atoms with van der Waals surface area (Å²) in [5.41, 5.74) is 5.94. The highest BCUT2D eigenvalue weighted by Gasteiger charge is 2.41. The molecule has 1 aliphatic carbocycles. The van der Waals surface area contributed by atoms with Crippen LogP contribution in [0.4, 0.5) is 0 Å². The quantitative estimate of drug-likeness (QED) is 0.595. The number of nitrogens with zero attached hydrogens (tertiary/aromatic N) is 1. The summed E-state index contributed by atoms with van der Waals surface area (Å²) in [6.07, 6.45) is 10.5. The van der Waals surface area contributed by atoms with Crippen molar-refractivity contribution < 1.29 is 0 Å². The lowest BCUT2D eigenvalue weighted by Crippen LogP contribution is -2.49. The molecule has 0 radical (unpaired) electrons. The van der Waals surface area contributed by atoms with E-state index in [1.165, 1.54) is 37.7 Å². The first-order chi connectivity index (χ1) is 10.1. The molecule has 0 bridgehead atoms. The molecule has 0 spiro atoms. The molecule has 3 N–H and O–H groups in total. The van der Waals surface area contributed by atoms with Gasteiger partial charge in [-0.2, -0.15) is 0 Å². The number of aromatic nitrogens is 1. The van der Waals surface area contributed by atoms with Crippen molar-refractivity contribution in [1.29, 1.82) is 0 Å². The van der Waals surface area contributed by atoms with E-state index in [-0.39, 0.29) is 0 Å². The molecule has 0 aromatic carbocycles. The van der Waals surface area contributed by atoms with E-state index < -0.39 is 0 Å². The molecular formula is C18H31N3. The van der Waals surface area contributed by atoms with E-state index in [2.05, 4.69) is 43.3 Å². The minimum atomic E-state index is 0.336. The summed E-state index contributed by atoms with van der Waals surface area (Å²) in [7, 11) is 0. The van der Waals surface area contributed by atoms with Gasteiger partial charge in [-0.3, -0.25) is 16.3 Å². The fourth-order valence-corrected chi connectivity index (χ4v) is 4.03. The van der Waals surface area contributed by atoms with Gasteiger partial charge in [-0.15, -0.1) is 0 Å². The lowest BCUT2D eigenvalue weighted by atomic mass is 9.71. The van der Waals surface area contributed by atoms with Gasteiger partial charge in [-0.25, -0.2) is 0 Å². The molecule has 1 heterocycles. The van der Waals surface area contributed by atoms with Crippen LogP contribution in [0.15, 0.2) is 18.3 Å². The lowest BCUT2D eigenvalue weighted by molar-refractivity contribution is 0.153. The van der Waals surface area contributed by atoms with Crippen molar-refractivity contribution in [2.24, 2.45) is 17.2 Å². The van der Waals surface area contributed by atoms with Gasteiger partial charge in [0, 0.05) is 24.4 Å². The van der Waals surface area contributed by atoms with Gasteiger partial charge in [0.15, 0.2) is 0 Å². The molecule has 1 aromatic rings. The van der Waals surface area contributed by atoms with Gasteiger partial charge in [0.25, 0.3) is 0 Å². The molecule has 118 valence electrons. The van der Waals surface area contributed by atoms with Gasteiger partial charge >= 0.3 is 0 Å². The number of hydrogen-bond donors (Lipinski definition) is 2. The van der Waals surface area contributed by atoms with Crippen molar-refractivity contribution >= 4 is 0 Å². The summed E-state index contributed by atoms with van der Waals surface area (Å²) >= 11 is 0. The molecule has 3 nitrogen and oxygen atoms in total. The average Bonchev–Trinajstić information content (AvgIpc) is 2.94. The zero-order chi connectivity index (χ0) is 15.3. The summed E-state index contributed by atoms with van der Waals surface area (Å²) in [6.45, 7) is 6.81. The molecule has 0 amide bonds. The number of aryl methyl sites for hydroxylation is 1. The van der Waals surface area contributed by atoms with Crippen molar-refractivity contribution in [3.8, 4) is 0 Å². The maximum absolute atomic E-state index is 5.94. The third-order valence-electron chi connectivity index (χ3n) is 5.06. The van der Waals surface area contributed by atoms with Crippen LogP contribution in [-0.2, 0) is 12.8 Å². The van der Waals surface area contributed by atoms with Gasteiger partial charge in [0.2, 0.25) is 0 Å². The molecule has 1 atom stereocenters. The van der Waals surface area contributed by atoms with E-state index in [1.807, 2.05) is 6.20 Å². The zero-order valence-electron chi connectivity index (χ0n) is 13.9. The normalized spacial score (nSPS) is 19.1. The molecule has 2 rings (SSSR count). The molecule has 1 fully saturated rings. The van der Waals surface area contributed by atoms with Crippen molar-refractivity contribution in [1.82, 2.24) is 10.4 Å². The fourth-order valence-electron chi connectivity index (χ4n) is 4.03. The van der Waals surface area contributed by atoms with E-state index in [1.54, 1.807) is 0 Å². The Morgan fingerprint density at radius 1 is 1.29 bits per heavy atom. The zero-order valence-corrected chi connectivity index (χ0v) is 13.9. The number of pyridine rings is 1. The first kappa shape index (κ1) is 16.4. The van der Waals surface area contributed by atoms with E-state index in [0.29, 0.717) is 11.5 Å². The summed E-state index contributed by atoms with van der Waals surface area (Å²) in [5.74, 6) is 6.66. The second kappa shape index (κ2) is 7.37. The molecule has 1 unspecified atom stereocenters. The molecule has 0 saturated heterocycles. The first-order valence-electron chi connectivity index (χ1n) is 8.49. The summed E-state index contributed by atoms with van der Waals surface area (Å²) in [4.78, 5) is 4.62. The Morgan fingerprint density at radius 2 is 2.00 bits per heavy atom. The highest BCUT2D eigenvalue weighted by molar-refractivity contribution is 5.15. The van der Waals surface area contributed by atoms with Crippen LogP contribution in [0.3, 0.4) is 0 Å². The van der Waals surface area contributed by atoms with Crippen LogP contribution in [-0.4, -0.2) is 11.0 Å². The van der Waals surface area contributed by atoms with Crippen LogP contribution in [0, 0.1) is 11.3 Å². The molecule has 21 heavy (non-hydrogen) atoms. The highest BCUT2D eigenvalue weighted by Crippen LogP contribution is 2.46. The predicted molar refractivity (Wildman–Crippen MR) is 88.8 cm³/mol. The number of hydrogen-bond acceptors (Lipinski definition) is 3. The minimum absolute atomic E-state index is 0.336. The second-order valence-corrected chi connectivity index (χ2v) is 7.10. The topological polar surface area (TPSA) is 50.9 Å². The lowest BCUT2D eigenvalue weighted by Gasteiger charge is -2.38. The molecule has 1 aliphatic rings. The standard InChI is InChI=1S/C18H31N3/c1-4-15-7-8-16(20-13-15)11-17(21-19)18(12-14(2)3)9-5-6-10-18/h7-8,13-14,17,21H,4-6,9-12,19H2,1-3H3. The predicted octanol–water partition coefficient (Wildman–Crippen LogP) is 3.62. The summed E-state index contributed by atoms with van der Waals surface area (Å²) in [5, 5.41) is 0. The van der Waals surface area contributed by atoms with Crippen LogP contribution in [0.1, 0.15) is 64.1 Å². The molecule has 0 aliphatic heterocycles. The SMILES string of the molecule is CCc1ccc(CC(NN)C2(CC(C)C)CCCC2)nc1. The van der Waals surface area contributed by atoms with Gasteiger partial charge in [-0.1, -0.05) is 39.7 Å². The van der Waals surface area contributed by atoms with Crippen molar-refractivity contribution in [2.75, 3.05) is 0 Å². The largest absolute Gasteiger partial charge is 0.271 e. The van der Waals surface area contributed by atoms with Crippen LogP contribution in [0.25, 0.3) is 0 Å². The van der Waals surface area contributed by atoms with Crippen molar-refractivity contribution in [3.05, 3.63) is 29.6 Å². The van der Waals surface area contributed by atoms with Crippen LogP contribution in [0.5, 0.6) is 0 Å². The van der Waals surface area contributed by atoms with Crippen LogP contribution >= 0.6 is 0 Å². The Labute approximate surface area is 129 Å². The van der Waals surface area contributed by atoms with E-state index in [0.717, 1.165) is 24.5 Å². The smallest absolute Gasteiger partial charge is 0.0420 e. The molecular weight excluding hydrogens is 258 g/mol. The fraction of sp³-hybridized carbons (Fsp3) is 0.722.